The molecule has 0 aliphatic rings. The molecule has 0 amide bonds. The minimum Gasteiger partial charge on any atom is -0.493 e. The SMILES string of the molecule is CN[C@H](C(C)=O)c1cc(O)ns1. The van der Waals surface area contributed by atoms with Gasteiger partial charge in [0.2, 0.25) is 5.88 Å². The molecule has 0 saturated heterocycles. The molecule has 1 rings (SSSR count). The van der Waals surface area contributed by atoms with E-state index in [1.807, 2.05) is 0 Å². The predicted molar refractivity (Wildman–Crippen MR) is 46.3 cm³/mol. The summed E-state index contributed by atoms with van der Waals surface area (Å²) in [4.78, 5) is 11.8. The molecular weight excluding hydrogens is 176 g/mol. The summed E-state index contributed by atoms with van der Waals surface area (Å²) in [6.45, 7) is 1.50. The summed E-state index contributed by atoms with van der Waals surface area (Å²) in [6, 6.07) is 1.15. The maximum Gasteiger partial charge on any atom is 0.222 e. The molecule has 0 unspecified atom stereocenters. The maximum atomic E-state index is 11.0. The van der Waals surface area contributed by atoms with Crippen LogP contribution in [0.1, 0.15) is 17.8 Å². The number of rotatable bonds is 3. The highest BCUT2D eigenvalue weighted by Crippen LogP contribution is 2.22. The molecule has 5 heteroatoms. The second kappa shape index (κ2) is 3.64. The van der Waals surface area contributed by atoms with Crippen molar-refractivity contribution in [1.29, 1.82) is 0 Å². The van der Waals surface area contributed by atoms with Crippen molar-refractivity contribution in [2.45, 2.75) is 13.0 Å². The molecule has 1 aromatic heterocycles. The fourth-order valence-electron chi connectivity index (χ4n) is 0.961. The van der Waals surface area contributed by atoms with Crippen LogP contribution in [-0.2, 0) is 4.79 Å². The molecule has 12 heavy (non-hydrogen) atoms. The molecule has 4 nitrogen and oxygen atoms in total. The van der Waals surface area contributed by atoms with Crippen molar-refractivity contribution >= 4 is 17.3 Å². The van der Waals surface area contributed by atoms with E-state index in [9.17, 15) is 4.79 Å². The number of aromatic nitrogens is 1. The average molecular weight is 186 g/mol. The Balaban J connectivity index is 2.87. The lowest BCUT2D eigenvalue weighted by Gasteiger charge is -2.08. The quantitative estimate of drug-likeness (QED) is 0.729. The van der Waals surface area contributed by atoms with Crippen LogP contribution in [0.25, 0.3) is 0 Å². The summed E-state index contributed by atoms with van der Waals surface area (Å²) in [5.41, 5.74) is 0. The van der Waals surface area contributed by atoms with Crippen molar-refractivity contribution in [3.8, 4) is 5.88 Å². The minimum atomic E-state index is -0.344. The van der Waals surface area contributed by atoms with Gasteiger partial charge in [-0.3, -0.25) is 4.79 Å². The molecule has 66 valence electrons. The fraction of sp³-hybridized carbons (Fsp3) is 0.429. The molecule has 0 radical (unpaired) electrons. The van der Waals surface area contributed by atoms with Crippen LogP contribution in [0.4, 0.5) is 0 Å². The number of nitrogens with one attached hydrogen (secondary N) is 1. The van der Waals surface area contributed by atoms with Gasteiger partial charge in [-0.25, -0.2) is 0 Å². The Morgan fingerprint density at radius 2 is 2.50 bits per heavy atom. The Hall–Kier alpha value is -0.940. The fourth-order valence-corrected chi connectivity index (χ4v) is 1.76. The van der Waals surface area contributed by atoms with Crippen molar-refractivity contribution in [3.63, 3.8) is 0 Å². The van der Waals surface area contributed by atoms with Gasteiger partial charge >= 0.3 is 0 Å². The lowest BCUT2D eigenvalue weighted by atomic mass is 10.2. The molecule has 0 aromatic carbocycles. The average Bonchev–Trinajstić information content (AvgIpc) is 2.37. The summed E-state index contributed by atoms with van der Waals surface area (Å²) in [7, 11) is 1.70. The number of ketones is 1. The normalized spacial score (nSPS) is 12.8. The number of Topliss-reactive ketones (excluding diaryl/α,β-unsaturated/α-hetero) is 1. The Bertz CT molecular complexity index is 285. The largest absolute Gasteiger partial charge is 0.493 e. The zero-order valence-corrected chi connectivity index (χ0v) is 7.68. The summed E-state index contributed by atoms with van der Waals surface area (Å²) in [5, 5.41) is 11.8. The molecule has 0 aliphatic carbocycles. The number of hydrogen-bond donors (Lipinski definition) is 2. The van der Waals surface area contributed by atoms with Crippen LogP contribution in [-0.4, -0.2) is 22.3 Å². The van der Waals surface area contributed by atoms with E-state index in [0.717, 1.165) is 16.4 Å². The van der Waals surface area contributed by atoms with Crippen LogP contribution in [0, 0.1) is 0 Å². The number of hydrogen-bond acceptors (Lipinski definition) is 5. The first-order valence-corrected chi connectivity index (χ1v) is 4.25. The molecule has 0 saturated carbocycles. The lowest BCUT2D eigenvalue weighted by molar-refractivity contribution is -0.118. The first-order valence-electron chi connectivity index (χ1n) is 3.48. The number of carbonyl (C=O) groups is 1. The van der Waals surface area contributed by atoms with Crippen LogP contribution < -0.4 is 5.32 Å². The third-order valence-corrected chi connectivity index (χ3v) is 2.34. The Morgan fingerprint density at radius 3 is 2.83 bits per heavy atom. The van der Waals surface area contributed by atoms with Gasteiger partial charge in [0.05, 0.1) is 4.88 Å². The highest BCUT2D eigenvalue weighted by molar-refractivity contribution is 7.06. The number of nitrogens with zero attached hydrogens (tertiary/aromatic N) is 1. The Labute approximate surface area is 74.4 Å². The molecule has 0 fully saturated rings. The molecule has 1 heterocycles. The highest BCUT2D eigenvalue weighted by atomic mass is 32.1. The standard InChI is InChI=1S/C7H10N2O2S/c1-4(10)7(8-2)5-3-6(11)9-12-5/h3,7-8H,1-2H3,(H,9,11)/t7-/m1/s1. The summed E-state index contributed by atoms with van der Waals surface area (Å²) in [6.07, 6.45) is 0. The van der Waals surface area contributed by atoms with Crippen molar-refractivity contribution in [2.24, 2.45) is 0 Å². The van der Waals surface area contributed by atoms with Crippen molar-refractivity contribution < 1.29 is 9.90 Å². The van der Waals surface area contributed by atoms with Gasteiger partial charge < -0.3 is 10.4 Å². The third kappa shape index (κ3) is 1.80. The van der Waals surface area contributed by atoms with Crippen LogP contribution in [0.15, 0.2) is 6.07 Å². The summed E-state index contributed by atoms with van der Waals surface area (Å²) < 4.78 is 3.67. The van der Waals surface area contributed by atoms with E-state index in [1.165, 1.54) is 13.0 Å². The zero-order chi connectivity index (χ0) is 9.14. The van der Waals surface area contributed by atoms with Gasteiger partial charge in [0.15, 0.2) is 5.78 Å². The van der Waals surface area contributed by atoms with E-state index in [2.05, 4.69) is 9.69 Å². The first kappa shape index (κ1) is 9.15. The Kier molecular flexibility index (Phi) is 2.78. The lowest BCUT2D eigenvalue weighted by Crippen LogP contribution is -2.22. The summed E-state index contributed by atoms with van der Waals surface area (Å²) >= 11 is 1.13. The van der Waals surface area contributed by atoms with Gasteiger partial charge in [-0.2, -0.15) is 4.37 Å². The number of aromatic hydroxyl groups is 1. The van der Waals surface area contributed by atoms with Gasteiger partial charge in [-0.1, -0.05) is 0 Å². The molecule has 0 aliphatic heterocycles. The van der Waals surface area contributed by atoms with Gasteiger partial charge in [-0.15, -0.1) is 0 Å². The number of carbonyl (C=O) groups excluding carboxylic acids is 1. The first-order chi connectivity index (χ1) is 5.65. The smallest absolute Gasteiger partial charge is 0.222 e. The van der Waals surface area contributed by atoms with E-state index in [4.69, 9.17) is 5.11 Å². The van der Waals surface area contributed by atoms with E-state index in [1.54, 1.807) is 7.05 Å². The van der Waals surface area contributed by atoms with E-state index in [0.29, 0.717) is 0 Å². The van der Waals surface area contributed by atoms with E-state index in [-0.39, 0.29) is 17.7 Å². The van der Waals surface area contributed by atoms with Crippen LogP contribution in [0.3, 0.4) is 0 Å². The van der Waals surface area contributed by atoms with Gasteiger partial charge in [-0.05, 0) is 25.5 Å². The monoisotopic (exact) mass is 186 g/mol. The van der Waals surface area contributed by atoms with Gasteiger partial charge in [0.25, 0.3) is 0 Å². The van der Waals surface area contributed by atoms with Gasteiger partial charge in [0.1, 0.15) is 6.04 Å². The Morgan fingerprint density at radius 1 is 1.83 bits per heavy atom. The van der Waals surface area contributed by atoms with Gasteiger partial charge in [0, 0.05) is 6.07 Å². The molecule has 2 N–H and O–H groups in total. The predicted octanol–water partition coefficient (Wildman–Crippen LogP) is 0.698. The third-order valence-electron chi connectivity index (χ3n) is 1.50. The van der Waals surface area contributed by atoms with Crippen LogP contribution in [0.2, 0.25) is 0 Å². The molecule has 1 aromatic rings. The van der Waals surface area contributed by atoms with Crippen molar-refractivity contribution in [3.05, 3.63) is 10.9 Å². The zero-order valence-electron chi connectivity index (χ0n) is 6.87. The topological polar surface area (TPSA) is 62.2 Å². The second-order valence-electron chi connectivity index (χ2n) is 2.42. The van der Waals surface area contributed by atoms with E-state index < -0.39 is 0 Å². The number of likely N-dealkylation sites (N-methyl/N-ethyl adjacent to an activating group) is 1. The minimum absolute atomic E-state index is 0.0150. The summed E-state index contributed by atoms with van der Waals surface area (Å²) in [5.74, 6) is -0.0161. The molecule has 0 spiro atoms. The molecule has 0 bridgehead atoms. The molecular formula is C7H10N2O2S. The van der Waals surface area contributed by atoms with Crippen LogP contribution >= 0.6 is 11.5 Å². The van der Waals surface area contributed by atoms with E-state index >= 15 is 0 Å². The van der Waals surface area contributed by atoms with Crippen molar-refractivity contribution in [2.75, 3.05) is 7.05 Å². The second-order valence-corrected chi connectivity index (χ2v) is 3.26. The van der Waals surface area contributed by atoms with Crippen LogP contribution in [0.5, 0.6) is 5.88 Å². The highest BCUT2D eigenvalue weighted by Gasteiger charge is 2.16. The van der Waals surface area contributed by atoms with Crippen molar-refractivity contribution in [1.82, 2.24) is 9.69 Å². The molecule has 1 atom stereocenters. The maximum absolute atomic E-state index is 11.0.